The summed E-state index contributed by atoms with van der Waals surface area (Å²) in [5, 5.41) is 17.7. The number of carboxylic acid groups (broad SMARTS) is 1. The molecule has 1 heterocycles. The number of benzene rings is 3. The number of likely N-dealkylation sites (tertiary alicyclic amines) is 1. The first kappa shape index (κ1) is 19.8. The van der Waals surface area contributed by atoms with E-state index in [1.807, 2.05) is 56.3 Å². The van der Waals surface area contributed by atoms with E-state index in [1.165, 1.54) is 4.90 Å². The maximum atomic E-state index is 13.0. The number of anilines is 1. The number of carbonyl (C=O) groups excluding carboxylic acids is 1. The molecule has 0 bridgehead atoms. The molecule has 1 unspecified atom stereocenters. The van der Waals surface area contributed by atoms with Crippen LogP contribution in [0.2, 0.25) is 0 Å². The number of hydrogen-bond acceptors (Lipinski definition) is 3. The van der Waals surface area contributed by atoms with Crippen LogP contribution in [0, 0.1) is 6.92 Å². The van der Waals surface area contributed by atoms with Gasteiger partial charge < -0.3 is 20.6 Å². The minimum absolute atomic E-state index is 0.0642. The van der Waals surface area contributed by atoms with E-state index >= 15 is 0 Å². The smallest absolute Gasteiger partial charge is 0.407 e. The van der Waals surface area contributed by atoms with Crippen LogP contribution in [0.3, 0.4) is 0 Å². The van der Waals surface area contributed by atoms with Crippen molar-refractivity contribution in [3.63, 3.8) is 0 Å². The summed E-state index contributed by atoms with van der Waals surface area (Å²) in [6.45, 7) is 4.80. The maximum absolute atomic E-state index is 13.0. The van der Waals surface area contributed by atoms with Gasteiger partial charge in [0.05, 0.1) is 12.1 Å². The number of carbonyl (C=O) groups is 2. The van der Waals surface area contributed by atoms with E-state index in [2.05, 4.69) is 28.8 Å². The Bertz CT molecular complexity index is 1100. The van der Waals surface area contributed by atoms with Crippen LogP contribution in [-0.4, -0.2) is 41.1 Å². The van der Waals surface area contributed by atoms with Gasteiger partial charge in [0, 0.05) is 24.3 Å². The van der Waals surface area contributed by atoms with Crippen molar-refractivity contribution in [1.82, 2.24) is 10.2 Å². The Kier molecular flexibility index (Phi) is 5.31. The minimum atomic E-state index is -0.903. The molecule has 0 radical (unpaired) electrons. The quantitative estimate of drug-likeness (QED) is 0.589. The summed E-state index contributed by atoms with van der Waals surface area (Å²) in [4.78, 5) is 25.3. The molecule has 3 N–H and O–H groups in total. The summed E-state index contributed by atoms with van der Waals surface area (Å²) in [6, 6.07) is 19.9. The molecule has 154 valence electrons. The zero-order valence-electron chi connectivity index (χ0n) is 17.1. The number of hydrogen-bond donors (Lipinski definition) is 3. The summed E-state index contributed by atoms with van der Waals surface area (Å²) >= 11 is 0. The topological polar surface area (TPSA) is 81.7 Å². The first-order chi connectivity index (χ1) is 14.4. The molecule has 1 atom stereocenters. The second-order valence-electron chi connectivity index (χ2n) is 7.82. The van der Waals surface area contributed by atoms with Crippen LogP contribution in [0.5, 0.6) is 0 Å². The van der Waals surface area contributed by atoms with Crippen LogP contribution in [0.1, 0.15) is 34.5 Å². The summed E-state index contributed by atoms with van der Waals surface area (Å²) in [5.74, 6) is -0.127. The molecule has 6 heteroatoms. The SMILES string of the molecule is Cc1ccc(NC2CN(C(=O)O)C2)cc1C(=O)NC(C)c1cccc2ccccc12. The molecule has 1 fully saturated rings. The van der Waals surface area contributed by atoms with Crippen molar-refractivity contribution in [1.29, 1.82) is 0 Å². The molecule has 1 aliphatic heterocycles. The van der Waals surface area contributed by atoms with Crippen LogP contribution in [0.4, 0.5) is 10.5 Å². The highest BCUT2D eigenvalue weighted by Crippen LogP contribution is 2.25. The minimum Gasteiger partial charge on any atom is -0.465 e. The van der Waals surface area contributed by atoms with E-state index in [-0.39, 0.29) is 18.0 Å². The second-order valence-corrected chi connectivity index (χ2v) is 7.82. The number of amides is 2. The zero-order chi connectivity index (χ0) is 21.3. The Labute approximate surface area is 175 Å². The molecule has 0 aliphatic carbocycles. The summed E-state index contributed by atoms with van der Waals surface area (Å²) in [7, 11) is 0. The molecular weight excluding hydrogens is 378 g/mol. The van der Waals surface area contributed by atoms with E-state index in [4.69, 9.17) is 5.11 Å². The van der Waals surface area contributed by atoms with Crippen LogP contribution in [0.15, 0.2) is 60.7 Å². The molecule has 1 saturated heterocycles. The lowest BCUT2D eigenvalue weighted by Gasteiger charge is -2.38. The van der Waals surface area contributed by atoms with Gasteiger partial charge >= 0.3 is 6.09 Å². The van der Waals surface area contributed by atoms with Crippen molar-refractivity contribution in [2.45, 2.75) is 25.9 Å². The van der Waals surface area contributed by atoms with Gasteiger partial charge in [-0.2, -0.15) is 0 Å². The third-order valence-electron chi connectivity index (χ3n) is 5.64. The van der Waals surface area contributed by atoms with E-state index in [9.17, 15) is 9.59 Å². The van der Waals surface area contributed by atoms with E-state index in [1.54, 1.807) is 0 Å². The van der Waals surface area contributed by atoms with Gasteiger partial charge in [0.15, 0.2) is 0 Å². The summed E-state index contributed by atoms with van der Waals surface area (Å²) in [5.41, 5.74) is 3.40. The van der Waals surface area contributed by atoms with Gasteiger partial charge in [0.25, 0.3) is 5.91 Å². The predicted octanol–water partition coefficient (Wildman–Crippen LogP) is 4.41. The Morgan fingerprint density at radius 1 is 1.07 bits per heavy atom. The van der Waals surface area contributed by atoms with E-state index in [0.717, 1.165) is 27.6 Å². The van der Waals surface area contributed by atoms with Gasteiger partial charge in [0.2, 0.25) is 0 Å². The number of nitrogens with zero attached hydrogens (tertiary/aromatic N) is 1. The largest absolute Gasteiger partial charge is 0.465 e. The van der Waals surface area contributed by atoms with Crippen LogP contribution >= 0.6 is 0 Å². The fraction of sp³-hybridized carbons (Fsp3) is 0.250. The Morgan fingerprint density at radius 2 is 1.80 bits per heavy atom. The molecule has 0 saturated carbocycles. The van der Waals surface area contributed by atoms with E-state index in [0.29, 0.717) is 18.7 Å². The van der Waals surface area contributed by atoms with Gasteiger partial charge in [-0.1, -0.05) is 48.5 Å². The Balaban J connectivity index is 1.48. The summed E-state index contributed by atoms with van der Waals surface area (Å²) in [6.07, 6.45) is -0.903. The third-order valence-corrected chi connectivity index (χ3v) is 5.64. The van der Waals surface area contributed by atoms with Crippen molar-refractivity contribution in [3.8, 4) is 0 Å². The maximum Gasteiger partial charge on any atom is 0.407 e. The lowest BCUT2D eigenvalue weighted by Crippen LogP contribution is -2.56. The lowest BCUT2D eigenvalue weighted by atomic mass is 9.99. The molecule has 0 aromatic heterocycles. The molecule has 30 heavy (non-hydrogen) atoms. The van der Waals surface area contributed by atoms with Crippen molar-refractivity contribution < 1.29 is 14.7 Å². The molecule has 6 nitrogen and oxygen atoms in total. The number of fused-ring (bicyclic) bond motifs is 1. The predicted molar refractivity (Wildman–Crippen MR) is 118 cm³/mol. The number of nitrogens with one attached hydrogen (secondary N) is 2. The molecule has 3 aromatic carbocycles. The zero-order valence-corrected chi connectivity index (χ0v) is 17.1. The average molecular weight is 403 g/mol. The highest BCUT2D eigenvalue weighted by atomic mass is 16.4. The fourth-order valence-electron chi connectivity index (χ4n) is 3.90. The molecule has 2 amide bonds. The highest BCUT2D eigenvalue weighted by Gasteiger charge is 2.30. The van der Waals surface area contributed by atoms with Crippen molar-refractivity contribution in [2.75, 3.05) is 18.4 Å². The first-order valence-electron chi connectivity index (χ1n) is 10.1. The van der Waals surface area contributed by atoms with Crippen molar-refractivity contribution in [3.05, 3.63) is 77.4 Å². The lowest BCUT2D eigenvalue weighted by molar-refractivity contribution is 0.0939. The molecule has 3 aromatic rings. The molecule has 1 aliphatic rings. The normalized spacial score (nSPS) is 14.8. The van der Waals surface area contributed by atoms with E-state index < -0.39 is 6.09 Å². The summed E-state index contributed by atoms with van der Waals surface area (Å²) < 4.78 is 0. The fourth-order valence-corrected chi connectivity index (χ4v) is 3.90. The van der Waals surface area contributed by atoms with Gasteiger partial charge in [-0.25, -0.2) is 4.79 Å². The molecular formula is C24H25N3O3. The monoisotopic (exact) mass is 403 g/mol. The second kappa shape index (κ2) is 8.06. The standard InChI is InChI=1S/C24H25N3O3/c1-15-10-11-18(26-19-13-27(14-19)24(29)30)12-22(15)23(28)25-16(2)20-9-5-7-17-6-3-4-8-21(17)20/h3-12,16,19,26H,13-14H2,1-2H3,(H,25,28)(H,29,30). The highest BCUT2D eigenvalue weighted by molar-refractivity contribution is 5.97. The Morgan fingerprint density at radius 3 is 2.57 bits per heavy atom. The van der Waals surface area contributed by atoms with Gasteiger partial charge in [0.1, 0.15) is 0 Å². The van der Waals surface area contributed by atoms with Gasteiger partial charge in [-0.15, -0.1) is 0 Å². The van der Waals surface area contributed by atoms with Crippen molar-refractivity contribution >= 4 is 28.5 Å². The third kappa shape index (κ3) is 3.94. The van der Waals surface area contributed by atoms with Crippen LogP contribution < -0.4 is 10.6 Å². The molecule has 4 rings (SSSR count). The Hall–Kier alpha value is -3.54. The first-order valence-corrected chi connectivity index (χ1v) is 10.1. The number of aryl methyl sites for hydroxylation is 1. The number of rotatable bonds is 5. The van der Waals surface area contributed by atoms with Gasteiger partial charge in [-0.3, -0.25) is 4.79 Å². The average Bonchev–Trinajstić information content (AvgIpc) is 2.70. The van der Waals surface area contributed by atoms with Crippen molar-refractivity contribution in [2.24, 2.45) is 0 Å². The van der Waals surface area contributed by atoms with Crippen LogP contribution in [0.25, 0.3) is 10.8 Å². The van der Waals surface area contributed by atoms with Crippen LogP contribution in [-0.2, 0) is 0 Å². The molecule has 0 spiro atoms. The van der Waals surface area contributed by atoms with Gasteiger partial charge in [-0.05, 0) is 47.9 Å².